The Morgan fingerprint density at radius 2 is 1.63 bits per heavy atom. The molecule has 1 aromatic carbocycles. The predicted molar refractivity (Wildman–Crippen MR) is 64.5 cm³/mol. The summed E-state index contributed by atoms with van der Waals surface area (Å²) < 4.78 is 73.0. The van der Waals surface area contributed by atoms with Crippen molar-refractivity contribution in [2.75, 3.05) is 0 Å². The summed E-state index contributed by atoms with van der Waals surface area (Å²) in [5.74, 6) is 0. The van der Waals surface area contributed by atoms with Gasteiger partial charge in [-0.15, -0.1) is 0 Å². The molecule has 1 unspecified atom stereocenters. The third-order valence-electron chi connectivity index (χ3n) is 1.95. The molecule has 0 spiro atoms. The first-order valence-corrected chi connectivity index (χ1v) is 7.61. The second-order valence-corrected chi connectivity index (χ2v) is 6.96. The van der Waals surface area contributed by atoms with Crippen LogP contribution in [-0.4, -0.2) is 18.1 Å². The molecule has 0 heterocycles. The molecule has 0 amide bonds. The van der Waals surface area contributed by atoms with E-state index in [9.17, 15) is 25.8 Å². The summed E-state index contributed by atoms with van der Waals surface area (Å²) in [6, 6.07) is 4.64. The molecule has 10 heteroatoms. The zero-order chi connectivity index (χ0) is 14.9. The van der Waals surface area contributed by atoms with Gasteiger partial charge in [0, 0.05) is 0 Å². The Hall–Kier alpha value is -1.39. The number of alkyl halides is 3. The van der Waals surface area contributed by atoms with Gasteiger partial charge in [0.05, 0.1) is 4.90 Å². The van der Waals surface area contributed by atoms with Crippen molar-refractivity contribution < 1.29 is 25.8 Å². The number of halogens is 3. The summed E-state index contributed by atoms with van der Waals surface area (Å²) in [5, 5.41) is 4.41. The summed E-state index contributed by atoms with van der Waals surface area (Å²) in [7, 11) is -10.1. The Labute approximate surface area is 108 Å². The van der Waals surface area contributed by atoms with Crippen molar-refractivity contribution in [3.63, 3.8) is 0 Å². The molecule has 19 heavy (non-hydrogen) atoms. The lowest BCUT2D eigenvalue weighted by molar-refractivity contribution is -0.0402. The molecule has 0 fully saturated rings. The first-order valence-electron chi connectivity index (χ1n) is 4.59. The minimum Gasteiger partial charge on any atom is -0.237 e. The summed E-state index contributed by atoms with van der Waals surface area (Å²) in [5.41, 5.74) is -4.87. The molecule has 1 aromatic rings. The lowest BCUT2D eigenvalue weighted by Gasteiger charge is -2.07. The lowest BCUT2D eigenvalue weighted by Crippen LogP contribution is -2.31. The number of benzene rings is 1. The van der Waals surface area contributed by atoms with Gasteiger partial charge in [-0.25, -0.2) is 9.35 Å². The van der Waals surface area contributed by atoms with Crippen molar-refractivity contribution in [1.82, 2.24) is 0 Å². The molecule has 1 atom stereocenters. The first-order chi connectivity index (χ1) is 8.49. The van der Waals surface area contributed by atoms with Gasteiger partial charge in [-0.05, 0) is 17.7 Å². The standard InChI is InChI=1S/C9H9F3N2O3S2/c1-2-7-3-5-8(6-4-7)18(15,16)14-19(13,17)9(10,11)12/h2-6H,1H2,(H2,13,14,17). The van der Waals surface area contributed by atoms with E-state index in [1.54, 1.807) is 0 Å². The second-order valence-electron chi connectivity index (χ2n) is 3.34. The number of nitrogens with two attached hydrogens (primary N) is 1. The van der Waals surface area contributed by atoms with Gasteiger partial charge >= 0.3 is 5.51 Å². The van der Waals surface area contributed by atoms with Gasteiger partial charge in [-0.3, -0.25) is 0 Å². The summed E-state index contributed by atoms with van der Waals surface area (Å²) >= 11 is 0. The van der Waals surface area contributed by atoms with Crippen molar-refractivity contribution in [2.24, 2.45) is 8.91 Å². The molecule has 0 radical (unpaired) electrons. The highest BCUT2D eigenvalue weighted by atomic mass is 32.3. The monoisotopic (exact) mass is 314 g/mol. The van der Waals surface area contributed by atoms with Crippen molar-refractivity contribution in [1.29, 1.82) is 0 Å². The fourth-order valence-corrected chi connectivity index (χ4v) is 3.34. The number of sulfonamides is 1. The van der Waals surface area contributed by atoms with E-state index in [1.165, 1.54) is 18.2 Å². The van der Waals surface area contributed by atoms with Crippen LogP contribution in [0.1, 0.15) is 5.56 Å². The van der Waals surface area contributed by atoms with Crippen LogP contribution in [0.5, 0.6) is 0 Å². The molecule has 0 saturated heterocycles. The molecule has 0 aliphatic rings. The highest BCUT2D eigenvalue weighted by molar-refractivity contribution is 8.02. The maximum absolute atomic E-state index is 12.2. The molecule has 106 valence electrons. The molecule has 0 bridgehead atoms. The molecule has 0 saturated carbocycles. The Balaban J connectivity index is 3.37. The maximum atomic E-state index is 12.2. The summed E-state index contributed by atoms with van der Waals surface area (Å²) in [6.07, 6.45) is 1.41. The molecule has 0 aromatic heterocycles. The zero-order valence-corrected chi connectivity index (χ0v) is 10.9. The number of hydrogen-bond donors (Lipinski definition) is 1. The predicted octanol–water partition coefficient (Wildman–Crippen LogP) is 1.88. The molecular formula is C9H9F3N2O3S2. The highest BCUT2D eigenvalue weighted by Gasteiger charge is 2.42. The first kappa shape index (κ1) is 15.7. The van der Waals surface area contributed by atoms with Gasteiger partial charge in [-0.1, -0.05) is 28.6 Å². The third-order valence-corrected chi connectivity index (χ3v) is 5.16. The minimum atomic E-state index is -5.43. The van der Waals surface area contributed by atoms with Crippen LogP contribution in [0.15, 0.2) is 39.5 Å². The number of nitrogens with zero attached hydrogens (tertiary/aromatic N) is 1. The van der Waals surface area contributed by atoms with Crippen LogP contribution in [0.3, 0.4) is 0 Å². The van der Waals surface area contributed by atoms with Crippen LogP contribution in [0.2, 0.25) is 0 Å². The Morgan fingerprint density at radius 1 is 1.16 bits per heavy atom. The third kappa shape index (κ3) is 3.55. The van der Waals surface area contributed by atoms with Gasteiger partial charge in [0.1, 0.15) is 0 Å². The molecule has 2 N–H and O–H groups in total. The Kier molecular flexibility index (Phi) is 4.08. The average molecular weight is 314 g/mol. The average Bonchev–Trinajstić information content (AvgIpc) is 2.26. The largest absolute Gasteiger partial charge is 0.493 e. The topological polar surface area (TPSA) is 89.6 Å². The minimum absolute atomic E-state index is 0.541. The molecule has 0 aliphatic carbocycles. The van der Waals surface area contributed by atoms with Gasteiger partial charge in [0.15, 0.2) is 0 Å². The van der Waals surface area contributed by atoms with Crippen LogP contribution in [0, 0.1) is 0 Å². The maximum Gasteiger partial charge on any atom is 0.493 e. The van der Waals surface area contributed by atoms with E-state index in [0.29, 0.717) is 5.56 Å². The van der Waals surface area contributed by atoms with E-state index in [1.807, 2.05) is 0 Å². The Bertz CT molecular complexity index is 699. The Morgan fingerprint density at radius 3 is 2.00 bits per heavy atom. The SMILES string of the molecule is C=Cc1ccc(S(=O)(=O)N=S(N)(=O)C(F)(F)F)cc1. The fourth-order valence-electron chi connectivity index (χ4n) is 1.01. The second kappa shape index (κ2) is 4.94. The van der Waals surface area contributed by atoms with Crippen LogP contribution in [-0.2, 0) is 19.9 Å². The molecule has 1 rings (SSSR count). The van der Waals surface area contributed by atoms with Crippen molar-refractivity contribution in [3.8, 4) is 0 Å². The molecule has 0 aliphatic heterocycles. The van der Waals surface area contributed by atoms with Crippen molar-refractivity contribution in [2.45, 2.75) is 10.4 Å². The number of hydrogen-bond acceptors (Lipinski definition) is 3. The van der Waals surface area contributed by atoms with Crippen LogP contribution in [0.25, 0.3) is 6.08 Å². The summed E-state index contributed by atoms with van der Waals surface area (Å²) in [4.78, 5) is -0.541. The van der Waals surface area contributed by atoms with E-state index < -0.39 is 30.3 Å². The highest BCUT2D eigenvalue weighted by Crippen LogP contribution is 2.25. The van der Waals surface area contributed by atoms with E-state index in [2.05, 4.69) is 15.5 Å². The van der Waals surface area contributed by atoms with Gasteiger partial charge in [-0.2, -0.15) is 21.6 Å². The smallest absolute Gasteiger partial charge is 0.237 e. The van der Waals surface area contributed by atoms with E-state index in [4.69, 9.17) is 0 Å². The van der Waals surface area contributed by atoms with E-state index in [0.717, 1.165) is 12.1 Å². The van der Waals surface area contributed by atoms with Crippen LogP contribution < -0.4 is 5.14 Å². The van der Waals surface area contributed by atoms with Crippen LogP contribution >= 0.6 is 0 Å². The van der Waals surface area contributed by atoms with Crippen molar-refractivity contribution in [3.05, 3.63) is 36.4 Å². The summed E-state index contributed by atoms with van der Waals surface area (Å²) in [6.45, 7) is 3.43. The number of rotatable bonds is 3. The quantitative estimate of drug-likeness (QED) is 0.923. The van der Waals surface area contributed by atoms with Gasteiger partial charge < -0.3 is 0 Å². The molecular weight excluding hydrogens is 305 g/mol. The van der Waals surface area contributed by atoms with Gasteiger partial charge in [0.2, 0.25) is 9.92 Å². The zero-order valence-electron chi connectivity index (χ0n) is 9.29. The van der Waals surface area contributed by atoms with Gasteiger partial charge in [0.25, 0.3) is 10.0 Å². The van der Waals surface area contributed by atoms with Crippen molar-refractivity contribution >= 4 is 26.0 Å². The lowest BCUT2D eigenvalue weighted by atomic mass is 10.2. The van der Waals surface area contributed by atoms with E-state index >= 15 is 0 Å². The normalized spacial score (nSPS) is 15.6. The molecule has 5 nitrogen and oxygen atoms in total. The van der Waals surface area contributed by atoms with Crippen LogP contribution in [0.4, 0.5) is 13.2 Å². The van der Waals surface area contributed by atoms with E-state index in [-0.39, 0.29) is 0 Å². The fraction of sp³-hybridized carbons (Fsp3) is 0.111.